The number of aromatic nitrogens is 1. The summed E-state index contributed by atoms with van der Waals surface area (Å²) in [4.78, 5) is 1.35. The molecule has 4 heteroatoms. The lowest BCUT2D eigenvalue weighted by molar-refractivity contribution is 0.649. The third-order valence-electron chi connectivity index (χ3n) is 3.92. The molecule has 0 saturated carbocycles. The van der Waals surface area contributed by atoms with Crippen LogP contribution in [-0.4, -0.2) is 10.6 Å². The molecule has 2 nitrogen and oxygen atoms in total. The fraction of sp³-hybridized carbons (Fsp3) is 0.294. The van der Waals surface area contributed by atoms with Crippen LogP contribution < -0.4 is 5.73 Å². The number of nitrogens with zero attached hydrogens (tertiary/aromatic N) is 1. The van der Waals surface area contributed by atoms with Gasteiger partial charge in [0.15, 0.2) is 0 Å². The van der Waals surface area contributed by atoms with Crippen molar-refractivity contribution < 1.29 is 0 Å². The van der Waals surface area contributed by atoms with E-state index >= 15 is 0 Å². The Kier molecular flexibility index (Phi) is 4.48. The van der Waals surface area contributed by atoms with Crippen LogP contribution in [0.2, 0.25) is 0 Å². The molecule has 0 aliphatic rings. The lowest BCUT2D eigenvalue weighted by Gasteiger charge is -2.10. The average molecular weight is 363 g/mol. The largest absolute Gasteiger partial charge is 0.342 e. The van der Waals surface area contributed by atoms with Gasteiger partial charge in [-0.2, -0.15) is 0 Å². The van der Waals surface area contributed by atoms with E-state index in [-0.39, 0.29) is 6.04 Å². The van der Waals surface area contributed by atoms with Gasteiger partial charge in [0, 0.05) is 32.5 Å². The number of hydrogen-bond donors (Lipinski definition) is 1. The number of nitrogens with two attached hydrogens (primary N) is 1. The number of benzene rings is 1. The van der Waals surface area contributed by atoms with Gasteiger partial charge < -0.3 is 10.3 Å². The van der Waals surface area contributed by atoms with Crippen molar-refractivity contribution in [3.8, 4) is 0 Å². The second kappa shape index (κ2) is 6.34. The van der Waals surface area contributed by atoms with E-state index in [4.69, 9.17) is 5.73 Å². The van der Waals surface area contributed by atoms with Crippen LogP contribution in [0.15, 0.2) is 46.4 Å². The summed E-state index contributed by atoms with van der Waals surface area (Å²) in [6.07, 6.45) is 4.14. The maximum Gasteiger partial charge on any atom is 0.0580 e. The minimum absolute atomic E-state index is 0.241. The van der Waals surface area contributed by atoms with Crippen LogP contribution in [-0.2, 0) is 13.0 Å². The minimum atomic E-state index is 0.241. The molecule has 2 aromatic heterocycles. The molecule has 0 radical (unpaired) electrons. The van der Waals surface area contributed by atoms with Crippen molar-refractivity contribution in [3.63, 3.8) is 0 Å². The van der Waals surface area contributed by atoms with E-state index in [0.717, 1.165) is 19.4 Å². The number of fused-ring (bicyclic) bond motifs is 1. The smallest absolute Gasteiger partial charge is 0.0580 e. The zero-order valence-corrected chi connectivity index (χ0v) is 14.5. The van der Waals surface area contributed by atoms with Crippen LogP contribution in [0, 0.1) is 0 Å². The van der Waals surface area contributed by atoms with Crippen LogP contribution in [0.4, 0.5) is 0 Å². The van der Waals surface area contributed by atoms with E-state index in [1.807, 2.05) is 0 Å². The zero-order chi connectivity index (χ0) is 14.8. The number of hydrogen-bond acceptors (Lipinski definition) is 2. The summed E-state index contributed by atoms with van der Waals surface area (Å²) >= 11 is 5.40. The standard InChI is InChI=1S/C17H19BrN2S/c1-2-13(19)10-12-4-3-5-16-14(12)6-8-20(16)11-17-15(18)7-9-21-17/h3-9,13H,2,10-11,19H2,1H3. The van der Waals surface area contributed by atoms with Crippen molar-refractivity contribution in [1.29, 1.82) is 0 Å². The molecule has 0 aliphatic carbocycles. The Morgan fingerprint density at radius 2 is 2.14 bits per heavy atom. The topological polar surface area (TPSA) is 30.9 Å². The second-order valence-corrected chi connectivity index (χ2v) is 7.21. The molecule has 2 N–H and O–H groups in total. The summed E-state index contributed by atoms with van der Waals surface area (Å²) in [6.45, 7) is 3.05. The number of rotatable bonds is 5. The number of halogens is 1. The van der Waals surface area contributed by atoms with Crippen molar-refractivity contribution in [2.45, 2.75) is 32.4 Å². The van der Waals surface area contributed by atoms with Crippen molar-refractivity contribution in [2.75, 3.05) is 0 Å². The van der Waals surface area contributed by atoms with E-state index in [1.54, 1.807) is 11.3 Å². The van der Waals surface area contributed by atoms with Gasteiger partial charge in [0.05, 0.1) is 6.54 Å². The van der Waals surface area contributed by atoms with Crippen LogP contribution in [0.25, 0.3) is 10.9 Å². The first-order valence-corrected chi connectivity index (χ1v) is 8.90. The third kappa shape index (κ3) is 3.07. The van der Waals surface area contributed by atoms with Crippen LogP contribution in [0.3, 0.4) is 0 Å². The highest BCUT2D eigenvalue weighted by Gasteiger charge is 2.10. The molecule has 3 rings (SSSR count). The summed E-state index contributed by atoms with van der Waals surface area (Å²) in [5.41, 5.74) is 8.76. The summed E-state index contributed by atoms with van der Waals surface area (Å²) in [6, 6.07) is 11.1. The van der Waals surface area contributed by atoms with E-state index < -0.39 is 0 Å². The first kappa shape index (κ1) is 14.8. The Balaban J connectivity index is 1.95. The fourth-order valence-corrected chi connectivity index (χ4v) is 4.10. The summed E-state index contributed by atoms with van der Waals surface area (Å²) in [5.74, 6) is 0. The second-order valence-electron chi connectivity index (χ2n) is 5.36. The van der Waals surface area contributed by atoms with E-state index in [1.165, 1.54) is 25.8 Å². The first-order valence-electron chi connectivity index (χ1n) is 7.23. The molecule has 21 heavy (non-hydrogen) atoms. The summed E-state index contributed by atoms with van der Waals surface area (Å²) < 4.78 is 3.51. The molecule has 3 aromatic rings. The molecule has 2 heterocycles. The highest BCUT2D eigenvalue weighted by Crippen LogP contribution is 2.27. The van der Waals surface area contributed by atoms with E-state index in [2.05, 4.69) is 69.3 Å². The molecule has 0 spiro atoms. The maximum atomic E-state index is 6.12. The van der Waals surface area contributed by atoms with E-state index in [9.17, 15) is 0 Å². The van der Waals surface area contributed by atoms with Crippen molar-refractivity contribution in [3.05, 3.63) is 56.8 Å². The van der Waals surface area contributed by atoms with Crippen molar-refractivity contribution in [1.82, 2.24) is 4.57 Å². The highest BCUT2D eigenvalue weighted by molar-refractivity contribution is 9.10. The molecular weight excluding hydrogens is 344 g/mol. The summed E-state index contributed by atoms with van der Waals surface area (Å²) in [7, 11) is 0. The lowest BCUT2D eigenvalue weighted by atomic mass is 10.0. The normalized spacial score (nSPS) is 12.9. The van der Waals surface area contributed by atoms with Crippen molar-refractivity contribution >= 4 is 38.2 Å². The van der Waals surface area contributed by atoms with Crippen LogP contribution in [0.1, 0.15) is 23.8 Å². The quantitative estimate of drug-likeness (QED) is 0.694. The van der Waals surface area contributed by atoms with Gasteiger partial charge in [-0.25, -0.2) is 0 Å². The van der Waals surface area contributed by atoms with Gasteiger partial charge in [0.2, 0.25) is 0 Å². The fourth-order valence-electron chi connectivity index (χ4n) is 2.62. The predicted octanol–water partition coefficient (Wildman–Crippen LogP) is 4.79. The minimum Gasteiger partial charge on any atom is -0.342 e. The average Bonchev–Trinajstić information content (AvgIpc) is 3.07. The van der Waals surface area contributed by atoms with Crippen LogP contribution in [0.5, 0.6) is 0 Å². The first-order chi connectivity index (χ1) is 10.2. The molecule has 0 amide bonds. The lowest BCUT2D eigenvalue weighted by Crippen LogP contribution is -2.21. The Hall–Kier alpha value is -1.10. The molecule has 0 saturated heterocycles. The van der Waals surface area contributed by atoms with Gasteiger partial charge in [-0.05, 0) is 57.9 Å². The third-order valence-corrected chi connectivity index (χ3v) is 5.83. The Labute approximate surface area is 137 Å². The van der Waals surface area contributed by atoms with Gasteiger partial charge in [-0.3, -0.25) is 0 Å². The van der Waals surface area contributed by atoms with E-state index in [0.29, 0.717) is 0 Å². The molecule has 1 aromatic carbocycles. The molecule has 110 valence electrons. The van der Waals surface area contributed by atoms with Gasteiger partial charge in [-0.15, -0.1) is 11.3 Å². The monoisotopic (exact) mass is 362 g/mol. The van der Waals surface area contributed by atoms with Gasteiger partial charge in [0.1, 0.15) is 0 Å². The Morgan fingerprint density at radius 3 is 2.86 bits per heavy atom. The Bertz CT molecular complexity index is 744. The predicted molar refractivity (Wildman–Crippen MR) is 95.0 cm³/mol. The molecule has 0 bridgehead atoms. The maximum absolute atomic E-state index is 6.12. The molecule has 0 aliphatic heterocycles. The van der Waals surface area contributed by atoms with Crippen LogP contribution >= 0.6 is 27.3 Å². The number of thiophene rings is 1. The van der Waals surface area contributed by atoms with Gasteiger partial charge >= 0.3 is 0 Å². The highest BCUT2D eigenvalue weighted by atomic mass is 79.9. The molecular formula is C17H19BrN2S. The zero-order valence-electron chi connectivity index (χ0n) is 12.1. The van der Waals surface area contributed by atoms with Crippen molar-refractivity contribution in [2.24, 2.45) is 5.73 Å². The Morgan fingerprint density at radius 1 is 1.29 bits per heavy atom. The molecule has 1 atom stereocenters. The SMILES string of the molecule is CCC(N)Cc1cccc2c1ccn2Cc1sccc1Br. The van der Waals surface area contributed by atoms with Gasteiger partial charge in [0.25, 0.3) is 0 Å². The molecule has 0 fully saturated rings. The van der Waals surface area contributed by atoms with Gasteiger partial charge in [-0.1, -0.05) is 19.1 Å². The molecule has 1 unspecified atom stereocenters. The summed E-state index contributed by atoms with van der Waals surface area (Å²) in [5, 5.41) is 3.45.